The summed E-state index contributed by atoms with van der Waals surface area (Å²) in [5.41, 5.74) is 5.12. The van der Waals surface area contributed by atoms with Gasteiger partial charge < -0.3 is 16.0 Å². The normalized spacial score (nSPS) is 10.6. The molecular weight excluding hydrogens is 354 g/mol. The van der Waals surface area contributed by atoms with Crippen molar-refractivity contribution >= 4 is 17.5 Å². The summed E-state index contributed by atoms with van der Waals surface area (Å²) in [4.78, 5) is 24.8. The highest BCUT2D eigenvalue weighted by Gasteiger charge is 2.07. The first kappa shape index (κ1) is 19.3. The zero-order valence-corrected chi connectivity index (χ0v) is 16.6. The standard InChI is InChI=1S/C20H25N7O/c1-13-5-6-17(9-14(13)2)26-20(28)22-8-7-21-18-10-19(24-11-23-18)27-12-25-15(3)16(27)4/h5-6,9-12H,7-8H2,1-4H3,(H,21,23,24)(H2,22,26,28). The van der Waals surface area contributed by atoms with Gasteiger partial charge in [-0.05, 0) is 51.0 Å². The van der Waals surface area contributed by atoms with Crippen LogP contribution in [0.4, 0.5) is 16.3 Å². The number of hydrogen-bond donors (Lipinski definition) is 3. The summed E-state index contributed by atoms with van der Waals surface area (Å²) < 4.78 is 1.91. The first-order valence-electron chi connectivity index (χ1n) is 9.13. The van der Waals surface area contributed by atoms with Crippen molar-refractivity contribution in [3.8, 4) is 5.82 Å². The third-order valence-corrected chi connectivity index (χ3v) is 4.63. The lowest BCUT2D eigenvalue weighted by molar-refractivity contribution is 0.252. The predicted octanol–water partition coefficient (Wildman–Crippen LogP) is 3.13. The zero-order chi connectivity index (χ0) is 20.1. The highest BCUT2D eigenvalue weighted by atomic mass is 16.2. The van der Waals surface area contributed by atoms with E-state index >= 15 is 0 Å². The molecule has 0 atom stereocenters. The number of benzene rings is 1. The molecule has 2 aromatic heterocycles. The number of amides is 2. The van der Waals surface area contributed by atoms with E-state index < -0.39 is 0 Å². The molecule has 3 rings (SSSR count). The molecule has 8 nitrogen and oxygen atoms in total. The highest BCUT2D eigenvalue weighted by Crippen LogP contribution is 2.14. The van der Waals surface area contributed by atoms with E-state index in [1.807, 2.05) is 56.5 Å². The summed E-state index contributed by atoms with van der Waals surface area (Å²) in [5.74, 6) is 1.43. The third-order valence-electron chi connectivity index (χ3n) is 4.63. The van der Waals surface area contributed by atoms with Crippen LogP contribution in [0.2, 0.25) is 0 Å². The number of aromatic nitrogens is 4. The Balaban J connectivity index is 1.48. The summed E-state index contributed by atoms with van der Waals surface area (Å²) in [7, 11) is 0. The summed E-state index contributed by atoms with van der Waals surface area (Å²) in [6, 6.07) is 7.45. The Morgan fingerprint density at radius 1 is 1.00 bits per heavy atom. The molecule has 0 aliphatic rings. The lowest BCUT2D eigenvalue weighted by Gasteiger charge is -2.11. The van der Waals surface area contributed by atoms with Crippen LogP contribution in [0.25, 0.3) is 5.82 Å². The van der Waals surface area contributed by atoms with Gasteiger partial charge in [0.15, 0.2) is 0 Å². The van der Waals surface area contributed by atoms with Crippen LogP contribution in [-0.2, 0) is 0 Å². The molecule has 2 amide bonds. The highest BCUT2D eigenvalue weighted by molar-refractivity contribution is 5.89. The Morgan fingerprint density at radius 3 is 2.54 bits per heavy atom. The van der Waals surface area contributed by atoms with E-state index in [-0.39, 0.29) is 6.03 Å². The number of carbonyl (C=O) groups is 1. The Morgan fingerprint density at radius 2 is 1.82 bits per heavy atom. The zero-order valence-electron chi connectivity index (χ0n) is 16.6. The Bertz CT molecular complexity index is 980. The predicted molar refractivity (Wildman–Crippen MR) is 110 cm³/mol. The molecule has 0 bridgehead atoms. The van der Waals surface area contributed by atoms with E-state index in [2.05, 4.69) is 30.9 Å². The van der Waals surface area contributed by atoms with Crippen molar-refractivity contribution in [1.82, 2.24) is 24.8 Å². The minimum Gasteiger partial charge on any atom is -0.368 e. The van der Waals surface area contributed by atoms with Gasteiger partial charge >= 0.3 is 6.03 Å². The molecule has 0 radical (unpaired) electrons. The van der Waals surface area contributed by atoms with Gasteiger partial charge in [0.1, 0.15) is 24.3 Å². The molecule has 0 fully saturated rings. The maximum atomic E-state index is 12.0. The quantitative estimate of drug-likeness (QED) is 0.572. The third kappa shape index (κ3) is 4.64. The molecular formula is C20H25N7O. The molecule has 0 saturated carbocycles. The van der Waals surface area contributed by atoms with Gasteiger partial charge in [-0.2, -0.15) is 0 Å². The van der Waals surface area contributed by atoms with Gasteiger partial charge in [-0.1, -0.05) is 6.07 Å². The number of urea groups is 1. The molecule has 0 saturated heterocycles. The monoisotopic (exact) mass is 379 g/mol. The Kier molecular flexibility index (Phi) is 5.88. The Labute approximate surface area is 164 Å². The molecule has 0 unspecified atom stereocenters. The lowest BCUT2D eigenvalue weighted by atomic mass is 10.1. The molecule has 0 aliphatic heterocycles. The van der Waals surface area contributed by atoms with E-state index in [1.165, 1.54) is 11.9 Å². The Hall–Kier alpha value is -3.42. The summed E-state index contributed by atoms with van der Waals surface area (Å²) in [6.45, 7) is 9.01. The van der Waals surface area contributed by atoms with Crippen molar-refractivity contribution in [2.24, 2.45) is 0 Å². The second-order valence-corrected chi connectivity index (χ2v) is 6.65. The van der Waals surface area contributed by atoms with Crippen LogP contribution in [0, 0.1) is 27.7 Å². The van der Waals surface area contributed by atoms with Gasteiger partial charge in [-0.15, -0.1) is 0 Å². The van der Waals surface area contributed by atoms with Gasteiger partial charge in [0.2, 0.25) is 0 Å². The van der Waals surface area contributed by atoms with Crippen molar-refractivity contribution in [3.63, 3.8) is 0 Å². The SMILES string of the molecule is Cc1ccc(NC(=O)NCCNc2cc(-n3cnc(C)c3C)ncn2)cc1C. The van der Waals surface area contributed by atoms with Crippen LogP contribution in [-0.4, -0.2) is 38.6 Å². The van der Waals surface area contributed by atoms with Crippen molar-refractivity contribution in [3.05, 3.63) is 59.4 Å². The van der Waals surface area contributed by atoms with Crippen LogP contribution < -0.4 is 16.0 Å². The van der Waals surface area contributed by atoms with Crippen LogP contribution in [0.1, 0.15) is 22.5 Å². The van der Waals surface area contributed by atoms with Gasteiger partial charge in [0.25, 0.3) is 0 Å². The summed E-state index contributed by atoms with van der Waals surface area (Å²) in [6.07, 6.45) is 3.25. The van der Waals surface area contributed by atoms with Crippen molar-refractivity contribution in [1.29, 1.82) is 0 Å². The fourth-order valence-corrected chi connectivity index (χ4v) is 2.67. The molecule has 28 heavy (non-hydrogen) atoms. The fraction of sp³-hybridized carbons (Fsp3) is 0.300. The number of nitrogens with zero attached hydrogens (tertiary/aromatic N) is 4. The van der Waals surface area contributed by atoms with E-state index in [0.29, 0.717) is 18.9 Å². The van der Waals surface area contributed by atoms with E-state index in [0.717, 1.165) is 28.5 Å². The molecule has 0 spiro atoms. The molecule has 2 heterocycles. The largest absolute Gasteiger partial charge is 0.368 e. The first-order chi connectivity index (χ1) is 13.4. The van der Waals surface area contributed by atoms with Crippen molar-refractivity contribution in [2.45, 2.75) is 27.7 Å². The van der Waals surface area contributed by atoms with Crippen molar-refractivity contribution in [2.75, 3.05) is 23.7 Å². The fourth-order valence-electron chi connectivity index (χ4n) is 2.67. The minimum absolute atomic E-state index is 0.238. The molecule has 0 aliphatic carbocycles. The van der Waals surface area contributed by atoms with Crippen LogP contribution in [0.15, 0.2) is 36.9 Å². The first-order valence-corrected chi connectivity index (χ1v) is 9.13. The van der Waals surface area contributed by atoms with E-state index in [1.54, 1.807) is 6.33 Å². The molecule has 1 aromatic carbocycles. The molecule has 3 N–H and O–H groups in total. The maximum Gasteiger partial charge on any atom is 0.319 e. The number of rotatable bonds is 6. The van der Waals surface area contributed by atoms with Gasteiger partial charge in [0.05, 0.1) is 5.69 Å². The number of carbonyl (C=O) groups excluding carboxylic acids is 1. The van der Waals surface area contributed by atoms with Gasteiger partial charge in [-0.3, -0.25) is 4.57 Å². The second kappa shape index (κ2) is 8.51. The summed E-state index contributed by atoms with van der Waals surface area (Å²) >= 11 is 0. The number of anilines is 2. The lowest BCUT2D eigenvalue weighted by Crippen LogP contribution is -2.32. The van der Waals surface area contributed by atoms with Crippen LogP contribution >= 0.6 is 0 Å². The average molecular weight is 379 g/mol. The second-order valence-electron chi connectivity index (χ2n) is 6.65. The number of nitrogens with one attached hydrogen (secondary N) is 3. The van der Waals surface area contributed by atoms with Crippen molar-refractivity contribution < 1.29 is 4.79 Å². The van der Waals surface area contributed by atoms with Crippen LogP contribution in [0.3, 0.4) is 0 Å². The smallest absolute Gasteiger partial charge is 0.319 e. The number of hydrogen-bond acceptors (Lipinski definition) is 5. The van der Waals surface area contributed by atoms with Gasteiger partial charge in [-0.25, -0.2) is 19.7 Å². The summed E-state index contributed by atoms with van der Waals surface area (Å²) in [5, 5.41) is 8.85. The topological polar surface area (TPSA) is 96.8 Å². The number of aryl methyl sites for hydroxylation is 3. The van der Waals surface area contributed by atoms with Gasteiger partial charge in [0, 0.05) is 30.5 Å². The molecule has 8 heteroatoms. The number of imidazole rings is 1. The maximum absolute atomic E-state index is 12.0. The molecule has 146 valence electrons. The molecule has 3 aromatic rings. The minimum atomic E-state index is -0.238. The van der Waals surface area contributed by atoms with Crippen LogP contribution in [0.5, 0.6) is 0 Å². The van der Waals surface area contributed by atoms with E-state index in [4.69, 9.17) is 0 Å². The van der Waals surface area contributed by atoms with E-state index in [9.17, 15) is 4.79 Å². The average Bonchev–Trinajstić information content (AvgIpc) is 3.01.